The number of methoxy groups -OCH3 is 2. The third kappa shape index (κ3) is 4.40. The number of benzene rings is 1. The quantitative estimate of drug-likeness (QED) is 0.843. The summed E-state index contributed by atoms with van der Waals surface area (Å²) in [6.45, 7) is 0.278. The fourth-order valence-corrected chi connectivity index (χ4v) is 2.05. The van der Waals surface area contributed by atoms with Gasteiger partial charge in [0.2, 0.25) is 5.95 Å². The van der Waals surface area contributed by atoms with Crippen molar-refractivity contribution >= 4 is 5.95 Å². The molecule has 2 N–H and O–H groups in total. The summed E-state index contributed by atoms with van der Waals surface area (Å²) in [5, 5.41) is 2.67. The largest absolute Gasteiger partial charge is 0.493 e. The van der Waals surface area contributed by atoms with E-state index in [0.29, 0.717) is 24.0 Å². The second-order valence-electron chi connectivity index (χ2n) is 4.84. The lowest BCUT2D eigenvalue weighted by atomic mass is 10.1. The number of hydrogen-bond acceptors (Lipinski definition) is 5. The summed E-state index contributed by atoms with van der Waals surface area (Å²) >= 11 is 0. The fraction of sp³-hybridized carbons (Fsp3) is 0.333. The van der Waals surface area contributed by atoms with E-state index in [1.807, 2.05) is 6.07 Å². The summed E-state index contributed by atoms with van der Waals surface area (Å²) in [6.07, 6.45) is -4.19. The molecule has 0 saturated carbocycles. The molecule has 9 heteroatoms. The molecule has 0 amide bonds. The monoisotopic (exact) mass is 343 g/mol. The van der Waals surface area contributed by atoms with Gasteiger partial charge in [-0.1, -0.05) is 6.07 Å². The number of halogens is 3. The third-order valence-electron chi connectivity index (χ3n) is 3.19. The molecule has 1 aromatic carbocycles. The standard InChI is InChI=1S/C15H16F3N3O3/c1-23-10-4-3-9(7-11(10)24-2)5-6-19-14-20-12(15(16,17)18)8-13(22)21-14/h3-4,7-8H,5-6H2,1-2H3,(H2,19,20,21,22). The van der Waals surface area contributed by atoms with E-state index in [0.717, 1.165) is 5.56 Å². The van der Waals surface area contributed by atoms with Crippen LogP contribution in [0.15, 0.2) is 29.1 Å². The van der Waals surface area contributed by atoms with Crippen LogP contribution in [-0.2, 0) is 12.6 Å². The lowest BCUT2D eigenvalue weighted by Gasteiger charge is -2.11. The Morgan fingerprint density at radius 3 is 2.50 bits per heavy atom. The van der Waals surface area contributed by atoms with Gasteiger partial charge in [0.25, 0.3) is 5.56 Å². The zero-order valence-corrected chi connectivity index (χ0v) is 13.0. The highest BCUT2D eigenvalue weighted by Crippen LogP contribution is 2.28. The molecule has 24 heavy (non-hydrogen) atoms. The van der Waals surface area contributed by atoms with Gasteiger partial charge in [0, 0.05) is 12.6 Å². The zero-order valence-electron chi connectivity index (χ0n) is 13.0. The first-order chi connectivity index (χ1) is 11.3. The van der Waals surface area contributed by atoms with Crippen LogP contribution in [0.2, 0.25) is 0 Å². The molecule has 0 atom stereocenters. The van der Waals surface area contributed by atoms with E-state index in [9.17, 15) is 18.0 Å². The van der Waals surface area contributed by atoms with Crippen LogP contribution in [-0.4, -0.2) is 30.7 Å². The first-order valence-electron chi connectivity index (χ1n) is 6.97. The van der Waals surface area contributed by atoms with Crippen molar-refractivity contribution in [2.45, 2.75) is 12.6 Å². The van der Waals surface area contributed by atoms with Gasteiger partial charge in [-0.25, -0.2) is 4.98 Å². The van der Waals surface area contributed by atoms with Gasteiger partial charge in [-0.05, 0) is 24.1 Å². The van der Waals surface area contributed by atoms with Crippen molar-refractivity contribution in [2.24, 2.45) is 0 Å². The number of rotatable bonds is 6. The summed E-state index contributed by atoms with van der Waals surface area (Å²) in [5.41, 5.74) is -1.22. The minimum Gasteiger partial charge on any atom is -0.493 e. The average Bonchev–Trinajstić information content (AvgIpc) is 2.53. The molecule has 0 fully saturated rings. The Morgan fingerprint density at radius 1 is 1.17 bits per heavy atom. The number of alkyl halides is 3. The normalized spacial score (nSPS) is 11.2. The average molecular weight is 343 g/mol. The Bertz CT molecular complexity index is 760. The van der Waals surface area contributed by atoms with E-state index in [1.54, 1.807) is 12.1 Å². The van der Waals surface area contributed by atoms with Crippen molar-refractivity contribution in [3.8, 4) is 11.5 Å². The van der Waals surface area contributed by atoms with Crippen molar-refractivity contribution in [3.63, 3.8) is 0 Å². The Kier molecular flexibility index (Phi) is 5.32. The topological polar surface area (TPSA) is 76.2 Å². The second-order valence-corrected chi connectivity index (χ2v) is 4.84. The van der Waals surface area contributed by atoms with Crippen molar-refractivity contribution in [1.29, 1.82) is 0 Å². The van der Waals surface area contributed by atoms with Gasteiger partial charge in [0.05, 0.1) is 14.2 Å². The Balaban J connectivity index is 2.04. The van der Waals surface area contributed by atoms with E-state index >= 15 is 0 Å². The predicted molar refractivity (Wildman–Crippen MR) is 81.6 cm³/mol. The van der Waals surface area contributed by atoms with Crippen LogP contribution < -0.4 is 20.3 Å². The summed E-state index contributed by atoms with van der Waals surface area (Å²) in [6, 6.07) is 5.73. The van der Waals surface area contributed by atoms with Gasteiger partial charge >= 0.3 is 6.18 Å². The molecule has 0 aliphatic heterocycles. The van der Waals surface area contributed by atoms with E-state index in [2.05, 4.69) is 15.3 Å². The SMILES string of the molecule is COc1ccc(CCNc2nc(C(F)(F)F)cc(=O)[nH]2)cc1OC. The van der Waals surface area contributed by atoms with E-state index in [-0.39, 0.29) is 12.5 Å². The summed E-state index contributed by atoms with van der Waals surface area (Å²) in [7, 11) is 3.03. The van der Waals surface area contributed by atoms with Crippen LogP contribution in [0.3, 0.4) is 0 Å². The molecule has 0 spiro atoms. The molecule has 0 aliphatic carbocycles. The Morgan fingerprint density at radius 2 is 1.88 bits per heavy atom. The van der Waals surface area contributed by atoms with Gasteiger partial charge in [-0.2, -0.15) is 13.2 Å². The Hall–Kier alpha value is -2.71. The molecule has 0 bridgehead atoms. The minimum absolute atomic E-state index is 0.227. The molecular weight excluding hydrogens is 327 g/mol. The second kappa shape index (κ2) is 7.24. The van der Waals surface area contributed by atoms with Crippen LogP contribution in [0.25, 0.3) is 0 Å². The molecule has 0 aliphatic rings. The van der Waals surface area contributed by atoms with E-state index < -0.39 is 17.4 Å². The number of anilines is 1. The lowest BCUT2D eigenvalue weighted by molar-refractivity contribution is -0.141. The van der Waals surface area contributed by atoms with E-state index in [1.165, 1.54) is 14.2 Å². The highest BCUT2D eigenvalue weighted by molar-refractivity contribution is 5.43. The maximum Gasteiger partial charge on any atom is 0.433 e. The molecule has 2 aromatic rings. The third-order valence-corrected chi connectivity index (χ3v) is 3.19. The van der Waals surface area contributed by atoms with Crippen LogP contribution in [0.1, 0.15) is 11.3 Å². The number of H-pyrrole nitrogens is 1. The molecule has 1 aromatic heterocycles. The zero-order chi connectivity index (χ0) is 17.7. The minimum atomic E-state index is -4.67. The van der Waals surface area contributed by atoms with Crippen LogP contribution in [0, 0.1) is 0 Å². The maximum atomic E-state index is 12.6. The molecule has 1 heterocycles. The van der Waals surface area contributed by atoms with Crippen LogP contribution in [0.4, 0.5) is 19.1 Å². The van der Waals surface area contributed by atoms with Gasteiger partial charge in [0.1, 0.15) is 0 Å². The summed E-state index contributed by atoms with van der Waals surface area (Å²) < 4.78 is 48.2. The van der Waals surface area contributed by atoms with Gasteiger partial charge in [-0.3, -0.25) is 9.78 Å². The first-order valence-corrected chi connectivity index (χ1v) is 6.97. The number of aromatic nitrogens is 2. The van der Waals surface area contributed by atoms with Gasteiger partial charge < -0.3 is 14.8 Å². The predicted octanol–water partition coefficient (Wildman–Crippen LogP) is 2.46. The lowest BCUT2D eigenvalue weighted by Crippen LogP contribution is -2.19. The number of hydrogen-bond donors (Lipinski definition) is 2. The number of aromatic amines is 1. The van der Waals surface area contributed by atoms with Crippen molar-refractivity contribution in [2.75, 3.05) is 26.1 Å². The Labute approximate surface area is 135 Å². The molecule has 0 unspecified atom stereocenters. The molecule has 6 nitrogen and oxygen atoms in total. The summed E-state index contributed by atoms with van der Waals surface area (Å²) in [5.74, 6) is 0.911. The van der Waals surface area contributed by atoms with Gasteiger partial charge in [-0.15, -0.1) is 0 Å². The van der Waals surface area contributed by atoms with Crippen molar-refractivity contribution < 1.29 is 22.6 Å². The van der Waals surface area contributed by atoms with Crippen molar-refractivity contribution in [3.05, 3.63) is 45.9 Å². The van der Waals surface area contributed by atoms with Crippen molar-refractivity contribution in [1.82, 2.24) is 9.97 Å². The molecule has 2 rings (SSSR count). The van der Waals surface area contributed by atoms with Crippen LogP contribution in [0.5, 0.6) is 11.5 Å². The highest BCUT2D eigenvalue weighted by Gasteiger charge is 2.33. The first kappa shape index (κ1) is 17.6. The highest BCUT2D eigenvalue weighted by atomic mass is 19.4. The maximum absolute atomic E-state index is 12.6. The van der Waals surface area contributed by atoms with Gasteiger partial charge in [0.15, 0.2) is 17.2 Å². The molecule has 130 valence electrons. The number of nitrogens with one attached hydrogen (secondary N) is 2. The number of nitrogens with zero attached hydrogens (tertiary/aromatic N) is 1. The molecule has 0 radical (unpaired) electrons. The number of ether oxygens (including phenoxy) is 2. The van der Waals surface area contributed by atoms with Crippen LogP contribution >= 0.6 is 0 Å². The fourth-order valence-electron chi connectivity index (χ4n) is 2.05. The smallest absolute Gasteiger partial charge is 0.433 e. The molecular formula is C15H16F3N3O3. The summed E-state index contributed by atoms with van der Waals surface area (Å²) in [4.78, 5) is 16.9. The van der Waals surface area contributed by atoms with E-state index in [4.69, 9.17) is 9.47 Å². The molecule has 0 saturated heterocycles.